The maximum absolute atomic E-state index is 13.8. The van der Waals surface area contributed by atoms with Gasteiger partial charge in [0, 0.05) is 11.6 Å². The number of ether oxygens (including phenoxy) is 1. The summed E-state index contributed by atoms with van der Waals surface area (Å²) in [6.45, 7) is 6.56. The largest absolute Gasteiger partial charge is 0.449 e. The van der Waals surface area contributed by atoms with Crippen LogP contribution in [0.4, 0.5) is 4.39 Å². The minimum Gasteiger partial charge on any atom is -0.449 e. The van der Waals surface area contributed by atoms with E-state index in [0.29, 0.717) is 11.1 Å². The summed E-state index contributed by atoms with van der Waals surface area (Å²) in [7, 11) is -3.76. The Morgan fingerprint density at radius 2 is 1.90 bits per heavy atom. The van der Waals surface area contributed by atoms with Crippen molar-refractivity contribution in [2.75, 3.05) is 0 Å². The van der Waals surface area contributed by atoms with Gasteiger partial charge >= 0.3 is 5.97 Å². The van der Waals surface area contributed by atoms with E-state index in [1.54, 1.807) is 32.9 Å². The Balaban J connectivity index is 1.75. The standard InChI is InChI=1S/C21H22FN3O5S/c1-12(2)25-31(27,28)17-7-5-6-16(10-17)21(26)29-14(4)20-23-19(24-30-20)15-9-8-13(3)18(22)11-15/h5-12,14,25H,1-4H3. The molecule has 0 amide bonds. The minimum atomic E-state index is -3.76. The lowest BCUT2D eigenvalue weighted by molar-refractivity contribution is 0.0265. The van der Waals surface area contributed by atoms with Crippen molar-refractivity contribution in [3.63, 3.8) is 0 Å². The molecule has 1 aromatic heterocycles. The van der Waals surface area contributed by atoms with E-state index in [2.05, 4.69) is 14.9 Å². The highest BCUT2D eigenvalue weighted by molar-refractivity contribution is 7.89. The van der Waals surface area contributed by atoms with Gasteiger partial charge in [0.1, 0.15) is 5.82 Å². The normalized spacial score (nSPS) is 12.7. The van der Waals surface area contributed by atoms with Gasteiger partial charge in [-0.05, 0) is 57.5 Å². The number of nitrogens with zero attached hydrogens (tertiary/aromatic N) is 2. The predicted molar refractivity (Wildman–Crippen MR) is 110 cm³/mol. The Labute approximate surface area is 179 Å². The van der Waals surface area contributed by atoms with Crippen molar-refractivity contribution >= 4 is 16.0 Å². The van der Waals surface area contributed by atoms with Crippen LogP contribution < -0.4 is 4.72 Å². The lowest BCUT2D eigenvalue weighted by Crippen LogP contribution is -2.30. The number of esters is 1. The van der Waals surface area contributed by atoms with E-state index >= 15 is 0 Å². The predicted octanol–water partition coefficient (Wildman–Crippen LogP) is 3.79. The zero-order chi connectivity index (χ0) is 22.8. The van der Waals surface area contributed by atoms with Crippen LogP contribution in [0.1, 0.15) is 48.7 Å². The van der Waals surface area contributed by atoms with Crippen LogP contribution in [0.25, 0.3) is 11.4 Å². The van der Waals surface area contributed by atoms with Gasteiger partial charge in [-0.2, -0.15) is 4.98 Å². The highest BCUT2D eigenvalue weighted by Crippen LogP contribution is 2.23. The Hall–Kier alpha value is -3.11. The number of hydrogen-bond donors (Lipinski definition) is 1. The van der Waals surface area contributed by atoms with E-state index in [4.69, 9.17) is 9.26 Å². The van der Waals surface area contributed by atoms with E-state index in [1.807, 2.05) is 0 Å². The molecular weight excluding hydrogens is 425 g/mol. The highest BCUT2D eigenvalue weighted by Gasteiger charge is 2.22. The van der Waals surface area contributed by atoms with Gasteiger partial charge in [0.15, 0.2) is 6.10 Å². The molecule has 31 heavy (non-hydrogen) atoms. The molecule has 0 saturated heterocycles. The number of aryl methyl sites for hydroxylation is 1. The number of nitrogens with one attached hydrogen (secondary N) is 1. The first kappa shape index (κ1) is 22.6. The molecule has 1 atom stereocenters. The summed E-state index contributed by atoms with van der Waals surface area (Å²) in [6, 6.07) is 9.75. The van der Waals surface area contributed by atoms with Crippen LogP contribution in [0.5, 0.6) is 0 Å². The summed E-state index contributed by atoms with van der Waals surface area (Å²) >= 11 is 0. The third-order valence-corrected chi connectivity index (χ3v) is 5.93. The molecule has 0 bridgehead atoms. The third kappa shape index (κ3) is 5.33. The molecule has 8 nitrogen and oxygen atoms in total. The first-order chi connectivity index (χ1) is 14.6. The summed E-state index contributed by atoms with van der Waals surface area (Å²) in [5.41, 5.74) is 0.966. The number of carbonyl (C=O) groups excluding carboxylic acids is 1. The van der Waals surface area contributed by atoms with Crippen LogP contribution >= 0.6 is 0 Å². The molecule has 1 N–H and O–H groups in total. The number of benzene rings is 2. The maximum Gasteiger partial charge on any atom is 0.338 e. The molecule has 2 aromatic carbocycles. The van der Waals surface area contributed by atoms with E-state index in [1.165, 1.54) is 37.3 Å². The average Bonchev–Trinajstić information content (AvgIpc) is 3.19. The first-order valence-corrected chi connectivity index (χ1v) is 11.0. The van der Waals surface area contributed by atoms with E-state index < -0.39 is 27.9 Å². The van der Waals surface area contributed by atoms with Gasteiger partial charge < -0.3 is 9.26 Å². The summed E-state index contributed by atoms with van der Waals surface area (Å²) in [5, 5.41) is 3.80. The Kier molecular flexibility index (Phi) is 6.51. The SMILES string of the molecule is Cc1ccc(-c2noc(C(C)OC(=O)c3cccc(S(=O)(=O)NC(C)C)c3)n2)cc1F. The van der Waals surface area contributed by atoms with E-state index in [0.717, 1.165) is 0 Å². The van der Waals surface area contributed by atoms with Crippen molar-refractivity contribution < 1.29 is 26.9 Å². The molecule has 1 unspecified atom stereocenters. The van der Waals surface area contributed by atoms with Gasteiger partial charge in [-0.15, -0.1) is 0 Å². The number of sulfonamides is 1. The Bertz CT molecular complexity index is 1210. The fourth-order valence-corrected chi connectivity index (χ4v) is 3.99. The van der Waals surface area contributed by atoms with Gasteiger partial charge in [0.25, 0.3) is 5.89 Å². The second kappa shape index (κ2) is 8.94. The highest BCUT2D eigenvalue weighted by atomic mass is 32.2. The lowest BCUT2D eigenvalue weighted by atomic mass is 10.1. The topological polar surface area (TPSA) is 111 Å². The second-order valence-corrected chi connectivity index (χ2v) is 8.99. The van der Waals surface area contributed by atoms with E-state index in [9.17, 15) is 17.6 Å². The maximum atomic E-state index is 13.8. The second-order valence-electron chi connectivity index (χ2n) is 7.27. The lowest BCUT2D eigenvalue weighted by Gasteiger charge is -2.12. The van der Waals surface area contributed by atoms with E-state index in [-0.39, 0.29) is 28.2 Å². The summed E-state index contributed by atoms with van der Waals surface area (Å²) in [5.74, 6) is -0.973. The molecule has 0 fully saturated rings. The molecule has 0 saturated carbocycles. The fourth-order valence-electron chi connectivity index (χ4n) is 2.70. The van der Waals surface area contributed by atoms with Crippen molar-refractivity contribution in [3.05, 3.63) is 65.3 Å². The average molecular weight is 447 g/mol. The van der Waals surface area contributed by atoms with Crippen LogP contribution in [0.2, 0.25) is 0 Å². The van der Waals surface area contributed by atoms with Gasteiger partial charge in [-0.1, -0.05) is 23.4 Å². The summed E-state index contributed by atoms with van der Waals surface area (Å²) < 4.78 is 51.3. The quantitative estimate of drug-likeness (QED) is 0.549. The molecule has 3 rings (SSSR count). The van der Waals surface area contributed by atoms with Gasteiger partial charge in [0.2, 0.25) is 15.8 Å². The molecule has 10 heteroatoms. The molecule has 0 aliphatic heterocycles. The number of hydrogen-bond acceptors (Lipinski definition) is 7. The molecular formula is C21H22FN3O5S. The molecule has 0 aliphatic carbocycles. The molecule has 3 aromatic rings. The first-order valence-electron chi connectivity index (χ1n) is 9.50. The van der Waals surface area contributed by atoms with Crippen LogP contribution in [0, 0.1) is 12.7 Å². The Morgan fingerprint density at radius 1 is 1.16 bits per heavy atom. The van der Waals surface area contributed by atoms with Crippen LogP contribution in [0.3, 0.4) is 0 Å². The molecule has 0 aliphatic rings. The molecule has 0 radical (unpaired) electrons. The molecule has 164 valence electrons. The number of halogens is 1. The van der Waals surface area contributed by atoms with Crippen molar-refractivity contribution in [2.45, 2.75) is 44.7 Å². The van der Waals surface area contributed by atoms with Gasteiger partial charge in [0.05, 0.1) is 10.5 Å². The zero-order valence-electron chi connectivity index (χ0n) is 17.4. The van der Waals surface area contributed by atoms with Crippen molar-refractivity contribution in [2.24, 2.45) is 0 Å². The number of rotatable bonds is 7. The van der Waals surface area contributed by atoms with Gasteiger partial charge in [-0.3, -0.25) is 0 Å². The Morgan fingerprint density at radius 3 is 2.58 bits per heavy atom. The monoisotopic (exact) mass is 447 g/mol. The van der Waals surface area contributed by atoms with Crippen LogP contribution in [0.15, 0.2) is 51.9 Å². The summed E-state index contributed by atoms with van der Waals surface area (Å²) in [4.78, 5) is 16.6. The number of aromatic nitrogens is 2. The van der Waals surface area contributed by atoms with Gasteiger partial charge in [-0.25, -0.2) is 22.3 Å². The molecule has 0 spiro atoms. The van der Waals surface area contributed by atoms with Crippen molar-refractivity contribution in [1.82, 2.24) is 14.9 Å². The fraction of sp³-hybridized carbons (Fsp3) is 0.286. The smallest absolute Gasteiger partial charge is 0.338 e. The minimum absolute atomic E-state index is 0.0228. The van der Waals surface area contributed by atoms with Crippen molar-refractivity contribution in [1.29, 1.82) is 0 Å². The van der Waals surface area contributed by atoms with Crippen molar-refractivity contribution in [3.8, 4) is 11.4 Å². The number of carbonyl (C=O) groups is 1. The summed E-state index contributed by atoms with van der Waals surface area (Å²) in [6.07, 6.45) is -0.905. The zero-order valence-corrected chi connectivity index (χ0v) is 18.2. The molecule has 1 heterocycles. The van der Waals surface area contributed by atoms with Crippen LogP contribution in [-0.4, -0.2) is 30.6 Å². The third-order valence-electron chi connectivity index (χ3n) is 4.27. The van der Waals surface area contributed by atoms with Crippen LogP contribution in [-0.2, 0) is 14.8 Å².